The molecule has 21 heavy (non-hydrogen) atoms. The Morgan fingerprint density at radius 3 is 2.86 bits per heavy atom. The van der Waals surface area contributed by atoms with Gasteiger partial charge in [0.25, 0.3) is 0 Å². The smallest absolute Gasteiger partial charge is 0.305 e. The van der Waals surface area contributed by atoms with E-state index in [0.29, 0.717) is 13.0 Å². The average molecular weight is 291 g/mol. The highest BCUT2D eigenvalue weighted by atomic mass is 16.5. The summed E-state index contributed by atoms with van der Waals surface area (Å²) >= 11 is 0. The van der Waals surface area contributed by atoms with E-state index in [0.717, 1.165) is 37.9 Å². The van der Waals surface area contributed by atoms with Gasteiger partial charge in [-0.3, -0.25) is 4.79 Å². The molecule has 1 aromatic carbocycles. The highest BCUT2D eigenvalue weighted by Gasteiger charge is 2.22. The van der Waals surface area contributed by atoms with Gasteiger partial charge in [0.15, 0.2) is 0 Å². The maximum atomic E-state index is 11.3. The SMILES string of the molecule is CCOC(=O)CCCCc1cc(OC)cc2c1CC(N)C2. The van der Waals surface area contributed by atoms with E-state index in [4.69, 9.17) is 15.2 Å². The Bertz CT molecular complexity index is 499. The first kappa shape index (κ1) is 15.8. The summed E-state index contributed by atoms with van der Waals surface area (Å²) in [7, 11) is 1.70. The highest BCUT2D eigenvalue weighted by molar-refractivity contribution is 5.69. The molecule has 4 nitrogen and oxygen atoms in total. The number of rotatable bonds is 7. The van der Waals surface area contributed by atoms with Crippen LogP contribution in [0.1, 0.15) is 42.9 Å². The number of unbranched alkanes of at least 4 members (excludes halogenated alkanes) is 1. The lowest BCUT2D eigenvalue weighted by Crippen LogP contribution is -2.19. The minimum Gasteiger partial charge on any atom is -0.497 e. The largest absolute Gasteiger partial charge is 0.497 e. The molecule has 0 heterocycles. The fourth-order valence-corrected chi connectivity index (χ4v) is 2.99. The number of benzene rings is 1. The monoisotopic (exact) mass is 291 g/mol. The Morgan fingerprint density at radius 2 is 2.14 bits per heavy atom. The summed E-state index contributed by atoms with van der Waals surface area (Å²) < 4.78 is 10.3. The van der Waals surface area contributed by atoms with Gasteiger partial charge in [-0.2, -0.15) is 0 Å². The third-order valence-electron chi connectivity index (χ3n) is 3.97. The minimum atomic E-state index is -0.101. The molecule has 0 saturated heterocycles. The van der Waals surface area contributed by atoms with Crippen molar-refractivity contribution in [1.82, 2.24) is 0 Å². The lowest BCUT2D eigenvalue weighted by Gasteiger charge is -2.11. The van der Waals surface area contributed by atoms with E-state index in [2.05, 4.69) is 12.1 Å². The van der Waals surface area contributed by atoms with Crippen molar-refractivity contribution in [3.8, 4) is 5.75 Å². The quantitative estimate of drug-likeness (QED) is 0.619. The summed E-state index contributed by atoms with van der Waals surface area (Å²) in [4.78, 5) is 11.3. The van der Waals surface area contributed by atoms with E-state index >= 15 is 0 Å². The molecule has 0 aromatic heterocycles. The van der Waals surface area contributed by atoms with Crippen LogP contribution >= 0.6 is 0 Å². The lowest BCUT2D eigenvalue weighted by atomic mass is 9.98. The van der Waals surface area contributed by atoms with E-state index in [1.54, 1.807) is 7.11 Å². The maximum Gasteiger partial charge on any atom is 0.305 e. The van der Waals surface area contributed by atoms with Crippen molar-refractivity contribution in [2.24, 2.45) is 5.73 Å². The van der Waals surface area contributed by atoms with Crippen LogP contribution in [0, 0.1) is 0 Å². The second kappa shape index (κ2) is 7.46. The standard InChI is InChI=1S/C17H25NO3/c1-3-21-17(19)7-5-4-6-12-9-15(20-2)10-13-8-14(18)11-16(12)13/h9-10,14H,3-8,11,18H2,1-2H3. The van der Waals surface area contributed by atoms with Crippen LogP contribution in [0.2, 0.25) is 0 Å². The summed E-state index contributed by atoms with van der Waals surface area (Å²) in [5.74, 6) is 0.804. The minimum absolute atomic E-state index is 0.101. The molecule has 116 valence electrons. The Balaban J connectivity index is 1.94. The number of carbonyl (C=O) groups excluding carboxylic acids is 1. The topological polar surface area (TPSA) is 61.5 Å². The molecule has 2 N–H and O–H groups in total. The summed E-state index contributed by atoms with van der Waals surface area (Å²) in [6.07, 6.45) is 5.19. The molecule has 2 rings (SSSR count). The summed E-state index contributed by atoms with van der Waals surface area (Å²) in [6.45, 7) is 2.29. The van der Waals surface area contributed by atoms with Gasteiger partial charge in [0.05, 0.1) is 13.7 Å². The second-order valence-electron chi connectivity index (χ2n) is 5.60. The van der Waals surface area contributed by atoms with Crippen LogP contribution < -0.4 is 10.5 Å². The van der Waals surface area contributed by atoms with Crippen molar-refractivity contribution in [1.29, 1.82) is 0 Å². The van der Waals surface area contributed by atoms with Crippen molar-refractivity contribution < 1.29 is 14.3 Å². The molecule has 0 amide bonds. The van der Waals surface area contributed by atoms with Gasteiger partial charge in [0.1, 0.15) is 5.75 Å². The van der Waals surface area contributed by atoms with Gasteiger partial charge in [-0.15, -0.1) is 0 Å². The molecule has 0 fully saturated rings. The summed E-state index contributed by atoms with van der Waals surface area (Å²) in [5.41, 5.74) is 10.1. The van der Waals surface area contributed by atoms with Gasteiger partial charge in [-0.05, 0) is 67.9 Å². The fraction of sp³-hybridized carbons (Fsp3) is 0.588. The summed E-state index contributed by atoms with van der Waals surface area (Å²) in [6, 6.07) is 4.44. The van der Waals surface area contributed by atoms with Gasteiger partial charge in [0, 0.05) is 12.5 Å². The average Bonchev–Trinajstić information content (AvgIpc) is 2.83. The fourth-order valence-electron chi connectivity index (χ4n) is 2.99. The highest BCUT2D eigenvalue weighted by Crippen LogP contribution is 2.30. The molecule has 1 aliphatic carbocycles. The van der Waals surface area contributed by atoms with Gasteiger partial charge in [0.2, 0.25) is 0 Å². The van der Waals surface area contributed by atoms with Crippen LogP contribution in [0.5, 0.6) is 5.75 Å². The number of hydrogen-bond donors (Lipinski definition) is 1. The van der Waals surface area contributed by atoms with E-state index < -0.39 is 0 Å². The molecule has 0 aliphatic heterocycles. The molecule has 0 saturated carbocycles. The molecule has 0 radical (unpaired) electrons. The zero-order valence-corrected chi connectivity index (χ0v) is 13.0. The first-order valence-electron chi connectivity index (χ1n) is 7.74. The number of aryl methyl sites for hydroxylation is 1. The van der Waals surface area contributed by atoms with Crippen molar-refractivity contribution in [3.63, 3.8) is 0 Å². The molecule has 4 heteroatoms. The predicted octanol–water partition coefficient (Wildman–Crippen LogP) is 2.40. The number of fused-ring (bicyclic) bond motifs is 1. The Kier molecular flexibility index (Phi) is 5.62. The first-order chi connectivity index (χ1) is 10.1. The van der Waals surface area contributed by atoms with Crippen molar-refractivity contribution >= 4 is 5.97 Å². The van der Waals surface area contributed by atoms with E-state index in [1.807, 2.05) is 6.92 Å². The van der Waals surface area contributed by atoms with E-state index in [1.165, 1.54) is 16.7 Å². The summed E-state index contributed by atoms with van der Waals surface area (Å²) in [5, 5.41) is 0. The van der Waals surface area contributed by atoms with Gasteiger partial charge in [-0.1, -0.05) is 0 Å². The van der Waals surface area contributed by atoms with Crippen LogP contribution in [0.15, 0.2) is 12.1 Å². The van der Waals surface area contributed by atoms with Crippen molar-refractivity contribution in [3.05, 3.63) is 28.8 Å². The van der Waals surface area contributed by atoms with Crippen LogP contribution in [-0.2, 0) is 28.8 Å². The maximum absolute atomic E-state index is 11.3. The molecular formula is C17H25NO3. The molecule has 0 bridgehead atoms. The number of esters is 1. The molecule has 1 unspecified atom stereocenters. The Labute approximate surface area is 126 Å². The van der Waals surface area contributed by atoms with Gasteiger partial charge in [-0.25, -0.2) is 0 Å². The third kappa shape index (κ3) is 4.21. The number of hydrogen-bond acceptors (Lipinski definition) is 4. The number of ether oxygens (including phenoxy) is 2. The van der Waals surface area contributed by atoms with Gasteiger partial charge < -0.3 is 15.2 Å². The van der Waals surface area contributed by atoms with E-state index in [-0.39, 0.29) is 12.0 Å². The van der Waals surface area contributed by atoms with Crippen LogP contribution in [-0.4, -0.2) is 25.7 Å². The lowest BCUT2D eigenvalue weighted by molar-refractivity contribution is -0.143. The third-order valence-corrected chi connectivity index (χ3v) is 3.97. The number of nitrogens with two attached hydrogens (primary N) is 1. The normalized spacial score (nSPS) is 16.6. The Morgan fingerprint density at radius 1 is 1.33 bits per heavy atom. The molecule has 1 atom stereocenters. The molecule has 1 aromatic rings. The number of carbonyl (C=O) groups is 1. The number of methoxy groups -OCH3 is 1. The van der Waals surface area contributed by atoms with Crippen LogP contribution in [0.3, 0.4) is 0 Å². The van der Waals surface area contributed by atoms with E-state index in [9.17, 15) is 4.79 Å². The van der Waals surface area contributed by atoms with Crippen LogP contribution in [0.25, 0.3) is 0 Å². The molecular weight excluding hydrogens is 266 g/mol. The Hall–Kier alpha value is -1.55. The van der Waals surface area contributed by atoms with Crippen LogP contribution in [0.4, 0.5) is 0 Å². The second-order valence-corrected chi connectivity index (χ2v) is 5.60. The van der Waals surface area contributed by atoms with Gasteiger partial charge >= 0.3 is 5.97 Å². The first-order valence-corrected chi connectivity index (χ1v) is 7.74. The van der Waals surface area contributed by atoms with Crippen molar-refractivity contribution in [2.75, 3.05) is 13.7 Å². The molecule has 0 spiro atoms. The predicted molar refractivity (Wildman–Crippen MR) is 82.6 cm³/mol. The van der Waals surface area contributed by atoms with Crippen molar-refractivity contribution in [2.45, 2.75) is 51.5 Å². The zero-order valence-electron chi connectivity index (χ0n) is 13.0. The zero-order chi connectivity index (χ0) is 15.2. The molecule has 1 aliphatic rings.